The van der Waals surface area contributed by atoms with Crippen molar-refractivity contribution < 1.29 is 29.0 Å². The molecule has 0 amide bonds. The van der Waals surface area contributed by atoms with Crippen LogP contribution < -0.4 is 14.9 Å². The second kappa shape index (κ2) is 9.29. The third-order valence-corrected chi connectivity index (χ3v) is 3.40. The van der Waals surface area contributed by atoms with Gasteiger partial charge in [0.15, 0.2) is 11.5 Å². The van der Waals surface area contributed by atoms with Crippen LogP contribution in [0.1, 0.15) is 11.1 Å². The van der Waals surface area contributed by atoms with Gasteiger partial charge in [-0.15, -0.1) is 0 Å². The van der Waals surface area contributed by atoms with E-state index in [1.54, 1.807) is 12.1 Å². The van der Waals surface area contributed by atoms with Gasteiger partial charge < -0.3 is 29.0 Å². The normalized spacial score (nSPS) is 10.5. The van der Waals surface area contributed by atoms with Gasteiger partial charge in [-0.3, -0.25) is 0 Å². The third kappa shape index (κ3) is 4.97. The van der Waals surface area contributed by atoms with Crippen molar-refractivity contribution in [3.8, 4) is 11.5 Å². The van der Waals surface area contributed by atoms with Crippen molar-refractivity contribution in [3.63, 3.8) is 0 Å². The Morgan fingerprint density at radius 2 is 1.71 bits per heavy atom. The van der Waals surface area contributed by atoms with Gasteiger partial charge in [0.2, 0.25) is 0 Å². The first-order valence-electron chi connectivity index (χ1n) is 7.46. The molecule has 128 valence electrons. The van der Waals surface area contributed by atoms with Crippen LogP contribution in [-0.2, 0) is 22.7 Å². The summed E-state index contributed by atoms with van der Waals surface area (Å²) in [7, 11) is 1.40. The van der Waals surface area contributed by atoms with Gasteiger partial charge in [0.05, 0.1) is 13.7 Å². The van der Waals surface area contributed by atoms with Crippen LogP contribution in [0.25, 0.3) is 0 Å². The molecule has 0 saturated carbocycles. The van der Waals surface area contributed by atoms with Crippen LogP contribution in [0.4, 0.5) is 0 Å². The molecular weight excluding hydrogens is 311 g/mol. The van der Waals surface area contributed by atoms with E-state index in [9.17, 15) is 10.0 Å². The molecule has 2 aromatic carbocycles. The molecule has 0 fully saturated rings. The lowest BCUT2D eigenvalue weighted by Crippen LogP contribution is -2.33. The standard InChI is InChI=1S/C17H21BO6/c1-21-12-23-11-14-8-16(22-2)17(9-15(14)18(19)20)24-10-13-6-4-3-5-7-13/h3-9,19-20H,10-12H2,1-2H3. The first-order chi connectivity index (χ1) is 11.7. The lowest BCUT2D eigenvalue weighted by Gasteiger charge is -2.16. The maximum Gasteiger partial charge on any atom is 0.488 e. The van der Waals surface area contributed by atoms with Crippen LogP contribution >= 0.6 is 0 Å². The Labute approximate surface area is 141 Å². The largest absolute Gasteiger partial charge is 0.493 e. The second-order valence-electron chi connectivity index (χ2n) is 5.10. The van der Waals surface area contributed by atoms with E-state index in [0.29, 0.717) is 29.1 Å². The van der Waals surface area contributed by atoms with E-state index in [4.69, 9.17) is 18.9 Å². The number of methoxy groups -OCH3 is 2. The molecule has 0 radical (unpaired) electrons. The fourth-order valence-corrected chi connectivity index (χ4v) is 2.23. The molecule has 0 aliphatic carbocycles. The molecule has 0 aliphatic heterocycles. The molecule has 0 saturated heterocycles. The Balaban J connectivity index is 2.21. The first kappa shape index (κ1) is 18.3. The Bertz CT molecular complexity index is 632. The van der Waals surface area contributed by atoms with Crippen molar-refractivity contribution in [2.75, 3.05) is 21.0 Å². The van der Waals surface area contributed by atoms with E-state index >= 15 is 0 Å². The fraction of sp³-hybridized carbons (Fsp3) is 0.294. The number of hydrogen-bond donors (Lipinski definition) is 2. The number of ether oxygens (including phenoxy) is 4. The molecule has 0 aliphatic rings. The van der Waals surface area contributed by atoms with Gasteiger partial charge in [0.25, 0.3) is 0 Å². The van der Waals surface area contributed by atoms with E-state index in [-0.39, 0.29) is 13.4 Å². The molecule has 0 atom stereocenters. The molecular formula is C17H21BO6. The molecule has 7 heteroatoms. The lowest BCUT2D eigenvalue weighted by molar-refractivity contribution is -0.0389. The fourth-order valence-electron chi connectivity index (χ4n) is 2.23. The summed E-state index contributed by atoms with van der Waals surface area (Å²) < 4.78 is 21.2. The average Bonchev–Trinajstić information content (AvgIpc) is 2.60. The highest BCUT2D eigenvalue weighted by atomic mass is 16.7. The molecule has 2 rings (SSSR count). The van der Waals surface area contributed by atoms with Crippen molar-refractivity contribution >= 4 is 12.6 Å². The molecule has 0 bridgehead atoms. The topological polar surface area (TPSA) is 77.4 Å². The molecule has 2 N–H and O–H groups in total. The zero-order chi connectivity index (χ0) is 17.4. The lowest BCUT2D eigenvalue weighted by atomic mass is 9.77. The summed E-state index contributed by atoms with van der Waals surface area (Å²) in [6.45, 7) is 0.614. The van der Waals surface area contributed by atoms with Crippen molar-refractivity contribution in [3.05, 3.63) is 53.6 Å². The Morgan fingerprint density at radius 3 is 2.33 bits per heavy atom. The van der Waals surface area contributed by atoms with Crippen molar-refractivity contribution in [2.24, 2.45) is 0 Å². The van der Waals surface area contributed by atoms with Crippen LogP contribution in [0.2, 0.25) is 0 Å². The second-order valence-corrected chi connectivity index (χ2v) is 5.10. The van der Waals surface area contributed by atoms with E-state index < -0.39 is 7.12 Å². The zero-order valence-electron chi connectivity index (χ0n) is 13.8. The van der Waals surface area contributed by atoms with E-state index in [2.05, 4.69) is 0 Å². The van der Waals surface area contributed by atoms with Gasteiger partial charge in [-0.2, -0.15) is 0 Å². The highest BCUT2D eigenvalue weighted by Crippen LogP contribution is 2.28. The van der Waals surface area contributed by atoms with Gasteiger partial charge in [-0.1, -0.05) is 30.3 Å². The Hall–Kier alpha value is -2.06. The van der Waals surface area contributed by atoms with Crippen LogP contribution in [-0.4, -0.2) is 38.2 Å². The number of rotatable bonds is 9. The average molecular weight is 332 g/mol. The van der Waals surface area contributed by atoms with Crippen molar-refractivity contribution in [1.29, 1.82) is 0 Å². The quantitative estimate of drug-likeness (QED) is 0.406. The molecule has 6 nitrogen and oxygen atoms in total. The number of benzene rings is 2. The highest BCUT2D eigenvalue weighted by Gasteiger charge is 2.20. The van der Waals surface area contributed by atoms with E-state index in [1.165, 1.54) is 14.2 Å². The molecule has 0 aromatic heterocycles. The van der Waals surface area contributed by atoms with Gasteiger partial charge in [0.1, 0.15) is 13.4 Å². The predicted octanol–water partition coefficient (Wildman–Crippen LogP) is 1.07. The minimum Gasteiger partial charge on any atom is -0.493 e. The van der Waals surface area contributed by atoms with Gasteiger partial charge in [-0.05, 0) is 28.7 Å². The van der Waals surface area contributed by atoms with Gasteiger partial charge in [-0.25, -0.2) is 0 Å². The monoisotopic (exact) mass is 332 g/mol. The highest BCUT2D eigenvalue weighted by molar-refractivity contribution is 6.59. The summed E-state index contributed by atoms with van der Waals surface area (Å²) in [5.41, 5.74) is 1.89. The van der Waals surface area contributed by atoms with E-state index in [0.717, 1.165) is 5.56 Å². The summed E-state index contributed by atoms with van der Waals surface area (Å²) in [6, 6.07) is 12.9. The SMILES string of the molecule is COCOCc1cc(OC)c(OCc2ccccc2)cc1B(O)O. The first-order valence-corrected chi connectivity index (χ1v) is 7.46. The Morgan fingerprint density at radius 1 is 0.958 bits per heavy atom. The Kier molecular flexibility index (Phi) is 7.08. The molecule has 0 spiro atoms. The van der Waals surface area contributed by atoms with Gasteiger partial charge >= 0.3 is 7.12 Å². The van der Waals surface area contributed by atoms with Crippen LogP contribution in [0.15, 0.2) is 42.5 Å². The third-order valence-electron chi connectivity index (χ3n) is 3.40. The summed E-state index contributed by atoms with van der Waals surface area (Å²) >= 11 is 0. The van der Waals surface area contributed by atoms with Crippen molar-refractivity contribution in [1.82, 2.24) is 0 Å². The minimum atomic E-state index is -1.64. The maximum absolute atomic E-state index is 9.61. The molecule has 0 unspecified atom stereocenters. The van der Waals surface area contributed by atoms with Crippen molar-refractivity contribution in [2.45, 2.75) is 13.2 Å². The zero-order valence-corrected chi connectivity index (χ0v) is 13.8. The van der Waals surface area contributed by atoms with Crippen LogP contribution in [0.5, 0.6) is 11.5 Å². The van der Waals surface area contributed by atoms with Crippen LogP contribution in [0, 0.1) is 0 Å². The molecule has 24 heavy (non-hydrogen) atoms. The van der Waals surface area contributed by atoms with Crippen LogP contribution in [0.3, 0.4) is 0 Å². The molecule has 2 aromatic rings. The maximum atomic E-state index is 9.61. The number of hydrogen-bond acceptors (Lipinski definition) is 6. The minimum absolute atomic E-state index is 0.107. The smallest absolute Gasteiger partial charge is 0.488 e. The molecule has 0 heterocycles. The van der Waals surface area contributed by atoms with Gasteiger partial charge in [0, 0.05) is 7.11 Å². The summed E-state index contributed by atoms with van der Waals surface area (Å²) in [4.78, 5) is 0. The predicted molar refractivity (Wildman–Crippen MR) is 90.3 cm³/mol. The summed E-state index contributed by atoms with van der Waals surface area (Å²) in [5.74, 6) is 0.922. The summed E-state index contributed by atoms with van der Waals surface area (Å²) in [6.07, 6.45) is 0. The summed E-state index contributed by atoms with van der Waals surface area (Å²) in [5, 5.41) is 19.2. The van der Waals surface area contributed by atoms with E-state index in [1.807, 2.05) is 30.3 Å².